The van der Waals surface area contributed by atoms with Gasteiger partial charge < -0.3 is 0 Å². The van der Waals surface area contributed by atoms with Crippen molar-refractivity contribution in [2.75, 3.05) is 0 Å². The number of hydrogen-bond donors (Lipinski definition) is 0. The Hall–Kier alpha value is -0.720. The van der Waals surface area contributed by atoms with Crippen molar-refractivity contribution in [3.8, 4) is 0 Å². The second kappa shape index (κ2) is 4.68. The van der Waals surface area contributed by atoms with Crippen molar-refractivity contribution in [3.63, 3.8) is 0 Å². The molecular formula is C7H5ClN4S2. The second-order valence-corrected chi connectivity index (χ2v) is 4.92. The minimum atomic E-state index is 0.472. The van der Waals surface area contributed by atoms with Crippen molar-refractivity contribution in [1.82, 2.24) is 20.2 Å². The van der Waals surface area contributed by atoms with Crippen LogP contribution in [-0.4, -0.2) is 20.2 Å². The largest absolute Gasteiger partial charge is 0.260 e. The van der Waals surface area contributed by atoms with Crippen LogP contribution in [0.2, 0.25) is 4.47 Å². The van der Waals surface area contributed by atoms with Crippen LogP contribution in [-0.2, 0) is 5.75 Å². The summed E-state index contributed by atoms with van der Waals surface area (Å²) in [5.41, 5.74) is 0. The van der Waals surface area contributed by atoms with Crippen LogP contribution in [0.25, 0.3) is 0 Å². The molecule has 0 bridgehead atoms. The quantitative estimate of drug-likeness (QED) is 0.776. The van der Waals surface area contributed by atoms with Crippen LogP contribution in [0.4, 0.5) is 0 Å². The molecule has 0 spiro atoms. The third-order valence-electron chi connectivity index (χ3n) is 1.33. The van der Waals surface area contributed by atoms with Crippen molar-refractivity contribution >= 4 is 34.7 Å². The summed E-state index contributed by atoms with van der Waals surface area (Å²) in [6.07, 6.45) is 5.02. The maximum Gasteiger partial charge on any atom is 0.207 e. The molecule has 0 atom stereocenters. The Labute approximate surface area is 93.8 Å². The van der Waals surface area contributed by atoms with E-state index in [-0.39, 0.29) is 0 Å². The Morgan fingerprint density at radius 2 is 2.29 bits per heavy atom. The predicted molar refractivity (Wildman–Crippen MR) is 56.5 cm³/mol. The molecule has 0 unspecified atom stereocenters. The summed E-state index contributed by atoms with van der Waals surface area (Å²) in [5.74, 6) is 0.725. The van der Waals surface area contributed by atoms with E-state index in [4.69, 9.17) is 11.6 Å². The first-order valence-electron chi connectivity index (χ1n) is 3.71. The number of aromatic nitrogens is 4. The average molecular weight is 245 g/mol. The van der Waals surface area contributed by atoms with Crippen LogP contribution >= 0.6 is 34.7 Å². The van der Waals surface area contributed by atoms with E-state index >= 15 is 0 Å². The first-order chi connectivity index (χ1) is 6.84. The molecule has 0 aliphatic heterocycles. The normalized spacial score (nSPS) is 10.4. The fourth-order valence-electron chi connectivity index (χ4n) is 0.787. The Morgan fingerprint density at radius 1 is 1.36 bits per heavy atom. The molecule has 72 valence electrons. The predicted octanol–water partition coefficient (Wildman–Crippen LogP) is 2.27. The molecule has 2 heterocycles. The molecule has 0 aliphatic carbocycles. The molecular weight excluding hydrogens is 240 g/mol. The second-order valence-electron chi connectivity index (χ2n) is 2.28. The first kappa shape index (κ1) is 9.82. The van der Waals surface area contributed by atoms with Crippen molar-refractivity contribution in [2.24, 2.45) is 0 Å². The summed E-state index contributed by atoms with van der Waals surface area (Å²) in [5, 5.41) is 9.38. The number of rotatable bonds is 3. The lowest BCUT2D eigenvalue weighted by Gasteiger charge is -1.94. The van der Waals surface area contributed by atoms with Gasteiger partial charge in [-0.15, -0.1) is 10.2 Å². The molecule has 0 N–H and O–H groups in total. The summed E-state index contributed by atoms with van der Waals surface area (Å²) in [4.78, 5) is 8.08. The van der Waals surface area contributed by atoms with Gasteiger partial charge in [-0.1, -0.05) is 23.1 Å². The summed E-state index contributed by atoms with van der Waals surface area (Å²) in [6, 6.07) is 0. The molecule has 0 fully saturated rings. The van der Waals surface area contributed by atoms with Crippen LogP contribution in [0.1, 0.15) is 5.01 Å². The van der Waals surface area contributed by atoms with E-state index in [1.54, 1.807) is 30.4 Å². The van der Waals surface area contributed by atoms with E-state index in [9.17, 15) is 0 Å². The highest BCUT2D eigenvalue weighted by Gasteiger charge is 2.02. The molecule has 0 aromatic carbocycles. The average Bonchev–Trinajstić information content (AvgIpc) is 2.63. The highest BCUT2D eigenvalue weighted by Crippen LogP contribution is 2.23. The van der Waals surface area contributed by atoms with E-state index in [2.05, 4.69) is 20.2 Å². The Morgan fingerprint density at radius 3 is 2.93 bits per heavy atom. The lowest BCUT2D eigenvalue weighted by atomic mass is 10.8. The lowest BCUT2D eigenvalue weighted by Crippen LogP contribution is -1.83. The molecule has 0 saturated heterocycles. The molecule has 2 aromatic heterocycles. The SMILES string of the molecule is Clc1nnc(CSc2cnccn2)s1. The highest BCUT2D eigenvalue weighted by atomic mass is 35.5. The van der Waals surface area contributed by atoms with E-state index in [0.717, 1.165) is 15.8 Å². The summed E-state index contributed by atoms with van der Waals surface area (Å²) in [7, 11) is 0. The van der Waals surface area contributed by atoms with Gasteiger partial charge in [0.2, 0.25) is 4.47 Å². The summed E-state index contributed by atoms with van der Waals surface area (Å²) >= 11 is 8.59. The van der Waals surface area contributed by atoms with Crippen molar-refractivity contribution in [3.05, 3.63) is 28.1 Å². The van der Waals surface area contributed by atoms with E-state index in [1.807, 2.05) is 0 Å². The maximum atomic E-state index is 5.65. The molecule has 4 nitrogen and oxygen atoms in total. The third kappa shape index (κ3) is 2.63. The van der Waals surface area contributed by atoms with Crippen LogP contribution in [0.3, 0.4) is 0 Å². The van der Waals surface area contributed by atoms with Gasteiger partial charge in [-0.25, -0.2) is 4.98 Å². The monoisotopic (exact) mass is 244 g/mol. The van der Waals surface area contributed by atoms with Crippen LogP contribution in [0.5, 0.6) is 0 Å². The highest BCUT2D eigenvalue weighted by molar-refractivity contribution is 7.98. The van der Waals surface area contributed by atoms with Crippen LogP contribution < -0.4 is 0 Å². The van der Waals surface area contributed by atoms with Gasteiger partial charge in [-0.05, 0) is 11.6 Å². The van der Waals surface area contributed by atoms with Gasteiger partial charge in [0, 0.05) is 12.4 Å². The van der Waals surface area contributed by atoms with Gasteiger partial charge >= 0.3 is 0 Å². The first-order valence-corrected chi connectivity index (χ1v) is 5.89. The zero-order valence-corrected chi connectivity index (χ0v) is 9.31. The Balaban J connectivity index is 1.95. The molecule has 2 rings (SSSR count). The van der Waals surface area contributed by atoms with Crippen molar-refractivity contribution in [2.45, 2.75) is 10.8 Å². The van der Waals surface area contributed by atoms with Gasteiger partial charge in [-0.2, -0.15) is 0 Å². The Kier molecular flexibility index (Phi) is 3.28. The smallest absolute Gasteiger partial charge is 0.207 e. The van der Waals surface area contributed by atoms with Gasteiger partial charge in [0.25, 0.3) is 0 Å². The zero-order chi connectivity index (χ0) is 9.80. The minimum absolute atomic E-state index is 0.472. The standard InChI is InChI=1S/C7H5ClN4S2/c8-7-12-11-6(14-7)4-13-5-3-9-1-2-10-5/h1-3H,4H2. The topological polar surface area (TPSA) is 51.6 Å². The molecule has 14 heavy (non-hydrogen) atoms. The fourth-order valence-corrected chi connectivity index (χ4v) is 2.46. The molecule has 0 radical (unpaired) electrons. The van der Waals surface area contributed by atoms with E-state index < -0.39 is 0 Å². The van der Waals surface area contributed by atoms with Crippen LogP contribution in [0.15, 0.2) is 23.6 Å². The molecule has 0 amide bonds. The van der Waals surface area contributed by atoms with E-state index in [0.29, 0.717) is 4.47 Å². The number of nitrogens with zero attached hydrogens (tertiary/aromatic N) is 4. The van der Waals surface area contributed by atoms with Gasteiger partial charge in [0.1, 0.15) is 10.0 Å². The van der Waals surface area contributed by atoms with Crippen molar-refractivity contribution in [1.29, 1.82) is 0 Å². The van der Waals surface area contributed by atoms with Crippen molar-refractivity contribution < 1.29 is 0 Å². The number of halogens is 1. The molecule has 2 aromatic rings. The molecule has 0 saturated carbocycles. The van der Waals surface area contributed by atoms with E-state index in [1.165, 1.54) is 11.3 Å². The van der Waals surface area contributed by atoms with Gasteiger partial charge in [-0.3, -0.25) is 4.98 Å². The Bertz CT molecular complexity index is 405. The number of thioether (sulfide) groups is 1. The molecule has 7 heteroatoms. The van der Waals surface area contributed by atoms with Crippen LogP contribution in [0, 0.1) is 0 Å². The lowest BCUT2D eigenvalue weighted by molar-refractivity contribution is 1.03. The summed E-state index contributed by atoms with van der Waals surface area (Å²) < 4.78 is 0.472. The third-order valence-corrected chi connectivity index (χ3v) is 3.45. The zero-order valence-electron chi connectivity index (χ0n) is 6.92. The minimum Gasteiger partial charge on any atom is -0.260 e. The fraction of sp³-hybridized carbons (Fsp3) is 0.143. The van der Waals surface area contributed by atoms with Gasteiger partial charge in [0.05, 0.1) is 11.9 Å². The van der Waals surface area contributed by atoms with Gasteiger partial charge in [0.15, 0.2) is 0 Å². The number of hydrogen-bond acceptors (Lipinski definition) is 6. The maximum absolute atomic E-state index is 5.65. The molecule has 0 aliphatic rings. The summed E-state index contributed by atoms with van der Waals surface area (Å²) in [6.45, 7) is 0.